The standard InChI is InChI=1S/C24H31NOS/c1-5-20(19-12-10-18(11-13-19)16-17(3)4)23-25-22(26)21(27-23)24(6-2)14-8-7-9-15-24/h7-14,17,20,26H,5-6,15-16H2,1-4H3. The van der Waals surface area contributed by atoms with Gasteiger partial charge in [-0.3, -0.25) is 0 Å². The molecule has 2 aromatic rings. The molecule has 0 aliphatic heterocycles. The number of allylic oxidation sites excluding steroid dienone is 4. The number of benzene rings is 1. The molecular formula is C24H31NOS. The lowest BCUT2D eigenvalue weighted by Gasteiger charge is -2.28. The van der Waals surface area contributed by atoms with Crippen molar-refractivity contribution in [1.82, 2.24) is 4.98 Å². The maximum Gasteiger partial charge on any atom is 0.226 e. The summed E-state index contributed by atoms with van der Waals surface area (Å²) < 4.78 is 0. The van der Waals surface area contributed by atoms with E-state index in [9.17, 15) is 5.11 Å². The molecule has 2 nitrogen and oxygen atoms in total. The summed E-state index contributed by atoms with van der Waals surface area (Å²) in [5.41, 5.74) is 2.55. The maximum absolute atomic E-state index is 10.7. The molecule has 1 aliphatic rings. The summed E-state index contributed by atoms with van der Waals surface area (Å²) in [6.45, 7) is 8.89. The Morgan fingerprint density at radius 1 is 1.15 bits per heavy atom. The molecule has 1 aromatic carbocycles. The lowest BCUT2D eigenvalue weighted by molar-refractivity contribution is 0.424. The summed E-state index contributed by atoms with van der Waals surface area (Å²) in [5.74, 6) is 1.12. The van der Waals surface area contributed by atoms with E-state index in [2.05, 4.69) is 81.2 Å². The Balaban J connectivity index is 1.91. The van der Waals surface area contributed by atoms with Gasteiger partial charge in [0.15, 0.2) is 0 Å². The average molecular weight is 382 g/mol. The molecule has 2 unspecified atom stereocenters. The highest BCUT2D eigenvalue weighted by atomic mass is 32.1. The molecule has 0 spiro atoms. The van der Waals surface area contributed by atoms with E-state index in [-0.39, 0.29) is 17.2 Å². The first-order valence-corrected chi connectivity index (χ1v) is 10.9. The van der Waals surface area contributed by atoms with Gasteiger partial charge in [0.25, 0.3) is 0 Å². The first-order valence-electron chi connectivity index (χ1n) is 10.1. The Morgan fingerprint density at radius 2 is 1.89 bits per heavy atom. The Hall–Kier alpha value is -1.87. The van der Waals surface area contributed by atoms with Crippen LogP contribution in [-0.4, -0.2) is 10.1 Å². The van der Waals surface area contributed by atoms with Crippen molar-refractivity contribution >= 4 is 11.3 Å². The highest BCUT2D eigenvalue weighted by molar-refractivity contribution is 7.12. The van der Waals surface area contributed by atoms with Crippen molar-refractivity contribution in [2.24, 2.45) is 5.92 Å². The van der Waals surface area contributed by atoms with Gasteiger partial charge in [0.2, 0.25) is 5.88 Å². The summed E-state index contributed by atoms with van der Waals surface area (Å²) in [4.78, 5) is 5.62. The number of aromatic nitrogens is 1. The highest BCUT2D eigenvalue weighted by Gasteiger charge is 2.34. The number of hydrogen-bond donors (Lipinski definition) is 1. The molecule has 0 fully saturated rings. The zero-order valence-corrected chi connectivity index (χ0v) is 17.7. The number of hydrogen-bond acceptors (Lipinski definition) is 3. The van der Waals surface area contributed by atoms with Gasteiger partial charge in [0.05, 0.1) is 4.88 Å². The second kappa shape index (κ2) is 8.43. The van der Waals surface area contributed by atoms with Crippen LogP contribution in [0.5, 0.6) is 5.88 Å². The molecule has 1 aliphatic carbocycles. The lowest BCUT2D eigenvalue weighted by atomic mass is 9.78. The van der Waals surface area contributed by atoms with Crippen LogP contribution in [0.3, 0.4) is 0 Å². The van der Waals surface area contributed by atoms with Gasteiger partial charge in [0.1, 0.15) is 5.01 Å². The maximum atomic E-state index is 10.7. The fourth-order valence-electron chi connectivity index (χ4n) is 3.97. The summed E-state index contributed by atoms with van der Waals surface area (Å²) in [5, 5.41) is 11.7. The van der Waals surface area contributed by atoms with Crippen LogP contribution in [0, 0.1) is 5.92 Å². The zero-order valence-electron chi connectivity index (χ0n) is 16.9. The molecular weight excluding hydrogens is 350 g/mol. The monoisotopic (exact) mass is 381 g/mol. The van der Waals surface area contributed by atoms with Crippen LogP contribution in [0.2, 0.25) is 0 Å². The lowest BCUT2D eigenvalue weighted by Crippen LogP contribution is -2.21. The second-order valence-corrected chi connectivity index (χ2v) is 9.04. The van der Waals surface area contributed by atoms with Crippen LogP contribution in [0.15, 0.2) is 48.6 Å². The van der Waals surface area contributed by atoms with Gasteiger partial charge in [-0.15, -0.1) is 11.3 Å². The molecule has 0 amide bonds. The Labute approximate surface area is 167 Å². The SMILES string of the molecule is CCC(c1ccc(CC(C)C)cc1)c1nc(O)c(C2(CC)C=CC=CC2)s1. The van der Waals surface area contributed by atoms with Gasteiger partial charge in [-0.1, -0.05) is 76.3 Å². The molecule has 0 bridgehead atoms. The van der Waals surface area contributed by atoms with Gasteiger partial charge in [-0.25, -0.2) is 4.98 Å². The normalized spacial score (nSPS) is 20.3. The third-order valence-electron chi connectivity index (χ3n) is 5.59. The molecule has 0 radical (unpaired) electrons. The van der Waals surface area contributed by atoms with Crippen molar-refractivity contribution in [3.63, 3.8) is 0 Å². The van der Waals surface area contributed by atoms with E-state index >= 15 is 0 Å². The predicted molar refractivity (Wildman–Crippen MR) is 116 cm³/mol. The van der Waals surface area contributed by atoms with Gasteiger partial charge in [-0.2, -0.15) is 0 Å². The van der Waals surface area contributed by atoms with Gasteiger partial charge in [-0.05, 0) is 42.7 Å². The minimum absolute atomic E-state index is 0.117. The second-order valence-electron chi connectivity index (χ2n) is 8.01. The minimum Gasteiger partial charge on any atom is -0.492 e. The van der Waals surface area contributed by atoms with E-state index in [4.69, 9.17) is 0 Å². The first-order chi connectivity index (χ1) is 13.0. The molecule has 0 saturated carbocycles. The molecule has 144 valence electrons. The van der Waals surface area contributed by atoms with Crippen LogP contribution < -0.4 is 0 Å². The average Bonchev–Trinajstić information content (AvgIpc) is 3.06. The fourth-order valence-corrected chi connectivity index (χ4v) is 5.39. The van der Waals surface area contributed by atoms with Gasteiger partial charge in [0, 0.05) is 11.3 Å². The molecule has 1 aromatic heterocycles. The van der Waals surface area contributed by atoms with E-state index in [0.29, 0.717) is 5.92 Å². The third-order valence-corrected chi connectivity index (χ3v) is 6.96. The summed E-state index contributed by atoms with van der Waals surface area (Å²) >= 11 is 1.69. The molecule has 3 heteroatoms. The van der Waals surface area contributed by atoms with Crippen molar-refractivity contribution < 1.29 is 5.11 Å². The summed E-state index contributed by atoms with van der Waals surface area (Å²) in [6.07, 6.45) is 12.6. The predicted octanol–water partition coefficient (Wildman–Crippen LogP) is 6.75. The van der Waals surface area contributed by atoms with Crippen LogP contribution in [0.25, 0.3) is 0 Å². The molecule has 3 rings (SSSR count). The summed E-state index contributed by atoms with van der Waals surface area (Å²) in [6, 6.07) is 8.97. The van der Waals surface area contributed by atoms with Crippen molar-refractivity contribution in [3.8, 4) is 5.88 Å². The number of thiazole rings is 1. The van der Waals surface area contributed by atoms with E-state index in [1.807, 2.05) is 0 Å². The minimum atomic E-state index is -0.117. The van der Waals surface area contributed by atoms with Crippen molar-refractivity contribution in [1.29, 1.82) is 0 Å². The van der Waals surface area contributed by atoms with Crippen LogP contribution in [0.4, 0.5) is 0 Å². The Morgan fingerprint density at radius 3 is 2.44 bits per heavy atom. The molecule has 27 heavy (non-hydrogen) atoms. The molecule has 1 heterocycles. The van der Waals surface area contributed by atoms with Gasteiger partial charge < -0.3 is 5.11 Å². The number of nitrogens with zero attached hydrogens (tertiary/aromatic N) is 1. The van der Waals surface area contributed by atoms with E-state index in [1.165, 1.54) is 11.1 Å². The number of aromatic hydroxyl groups is 1. The largest absolute Gasteiger partial charge is 0.492 e. The number of rotatable bonds is 7. The smallest absolute Gasteiger partial charge is 0.226 e. The highest BCUT2D eigenvalue weighted by Crippen LogP contribution is 2.46. The zero-order chi connectivity index (χ0) is 19.4. The molecule has 1 N–H and O–H groups in total. The van der Waals surface area contributed by atoms with Crippen molar-refractivity contribution in [3.05, 3.63) is 69.6 Å². The molecule has 2 atom stereocenters. The van der Waals surface area contributed by atoms with E-state index in [1.54, 1.807) is 11.3 Å². The van der Waals surface area contributed by atoms with Crippen molar-refractivity contribution in [2.75, 3.05) is 0 Å². The fraction of sp³-hybridized carbons (Fsp3) is 0.458. The third kappa shape index (κ3) is 4.19. The Bertz CT molecular complexity index is 815. The molecule has 0 saturated heterocycles. The first kappa shape index (κ1) is 19.9. The van der Waals surface area contributed by atoms with Crippen LogP contribution in [-0.2, 0) is 11.8 Å². The van der Waals surface area contributed by atoms with Gasteiger partial charge >= 0.3 is 0 Å². The quantitative estimate of drug-likeness (QED) is 0.575. The van der Waals surface area contributed by atoms with Crippen molar-refractivity contribution in [2.45, 2.75) is 64.7 Å². The van der Waals surface area contributed by atoms with Crippen LogP contribution in [0.1, 0.15) is 73.9 Å². The Kier molecular flexibility index (Phi) is 6.21. The summed E-state index contributed by atoms with van der Waals surface area (Å²) in [7, 11) is 0. The van der Waals surface area contributed by atoms with E-state index < -0.39 is 0 Å². The van der Waals surface area contributed by atoms with Crippen LogP contribution >= 0.6 is 11.3 Å². The topological polar surface area (TPSA) is 33.1 Å². The van der Waals surface area contributed by atoms with E-state index in [0.717, 1.165) is 35.6 Å².